The van der Waals surface area contributed by atoms with Crippen LogP contribution >= 0.6 is 0 Å². The van der Waals surface area contributed by atoms with Crippen molar-refractivity contribution in [1.82, 2.24) is 14.9 Å². The van der Waals surface area contributed by atoms with Gasteiger partial charge in [0.2, 0.25) is 5.91 Å². The number of carbonyl (C=O) groups excluding carboxylic acids is 1. The summed E-state index contributed by atoms with van der Waals surface area (Å²) in [5.41, 5.74) is 2.69. The summed E-state index contributed by atoms with van der Waals surface area (Å²) in [5, 5.41) is 7.24. The minimum absolute atomic E-state index is 0.0285. The van der Waals surface area contributed by atoms with Gasteiger partial charge in [-0.2, -0.15) is 0 Å². The third kappa shape index (κ3) is 7.04. The lowest BCUT2D eigenvalue weighted by molar-refractivity contribution is -0.117. The second-order valence-corrected chi connectivity index (χ2v) is 4.63. The van der Waals surface area contributed by atoms with Gasteiger partial charge in [-0.15, -0.1) is 10.2 Å². The van der Waals surface area contributed by atoms with Crippen LogP contribution in [0.15, 0.2) is 12.7 Å². The molecule has 0 aliphatic heterocycles. The lowest BCUT2D eigenvalue weighted by atomic mass is 10.1. The molecule has 102 valence electrons. The molecule has 1 rings (SSSR count). The monoisotopic (exact) mass is 252 g/mol. The molecule has 18 heavy (non-hydrogen) atoms. The summed E-state index contributed by atoms with van der Waals surface area (Å²) in [6, 6.07) is 0. The standard InChI is InChI=1S/C13H24N4O/c1-2-3-4-5-6-7-8-9-10-13(18)16-17-11-14-15-12-17/h11-12H,2-10H2,1H3,(H,16,18). The van der Waals surface area contributed by atoms with E-state index in [0.29, 0.717) is 6.42 Å². The fourth-order valence-electron chi connectivity index (χ4n) is 1.88. The lowest BCUT2D eigenvalue weighted by Crippen LogP contribution is -2.20. The molecule has 0 saturated carbocycles. The van der Waals surface area contributed by atoms with Gasteiger partial charge in [-0.1, -0.05) is 51.9 Å². The van der Waals surface area contributed by atoms with Gasteiger partial charge in [0.15, 0.2) is 0 Å². The maximum Gasteiger partial charge on any atom is 0.238 e. The molecule has 0 bridgehead atoms. The SMILES string of the molecule is CCCCCCCCCCC(=O)Nn1cnnc1. The summed E-state index contributed by atoms with van der Waals surface area (Å²) in [5.74, 6) is 0.0285. The van der Waals surface area contributed by atoms with Gasteiger partial charge in [0.25, 0.3) is 0 Å². The molecule has 0 aliphatic carbocycles. The molecule has 0 saturated heterocycles. The Bertz CT molecular complexity index is 311. The molecule has 0 atom stereocenters. The van der Waals surface area contributed by atoms with E-state index >= 15 is 0 Å². The number of carbonyl (C=O) groups is 1. The van der Waals surface area contributed by atoms with Crippen molar-refractivity contribution in [3.05, 3.63) is 12.7 Å². The van der Waals surface area contributed by atoms with Crippen LogP contribution in [0.5, 0.6) is 0 Å². The molecule has 1 aromatic heterocycles. The van der Waals surface area contributed by atoms with Gasteiger partial charge >= 0.3 is 0 Å². The quantitative estimate of drug-likeness (QED) is 0.651. The van der Waals surface area contributed by atoms with Crippen LogP contribution in [-0.4, -0.2) is 20.8 Å². The molecule has 0 aromatic carbocycles. The second-order valence-electron chi connectivity index (χ2n) is 4.63. The van der Waals surface area contributed by atoms with Crippen molar-refractivity contribution in [2.45, 2.75) is 64.7 Å². The molecule has 5 heteroatoms. The van der Waals surface area contributed by atoms with E-state index in [2.05, 4.69) is 22.5 Å². The highest BCUT2D eigenvalue weighted by Gasteiger charge is 2.01. The predicted molar refractivity (Wildman–Crippen MR) is 71.6 cm³/mol. The molecule has 5 nitrogen and oxygen atoms in total. The summed E-state index contributed by atoms with van der Waals surface area (Å²) in [6.45, 7) is 2.23. The zero-order valence-corrected chi connectivity index (χ0v) is 11.3. The van der Waals surface area contributed by atoms with Gasteiger partial charge in [0.05, 0.1) is 0 Å². The van der Waals surface area contributed by atoms with E-state index in [1.165, 1.54) is 55.9 Å². The average Bonchev–Trinajstić information content (AvgIpc) is 2.85. The van der Waals surface area contributed by atoms with Crippen molar-refractivity contribution in [1.29, 1.82) is 0 Å². The normalized spacial score (nSPS) is 10.5. The lowest BCUT2D eigenvalue weighted by Gasteiger charge is -2.04. The van der Waals surface area contributed by atoms with Crippen molar-refractivity contribution < 1.29 is 4.79 Å². The first-order chi connectivity index (χ1) is 8.83. The molecule has 0 fully saturated rings. The van der Waals surface area contributed by atoms with E-state index in [1.54, 1.807) is 0 Å². The molecule has 1 amide bonds. The Morgan fingerprint density at radius 1 is 1.00 bits per heavy atom. The largest absolute Gasteiger partial charge is 0.273 e. The molecule has 1 heterocycles. The second kappa shape index (κ2) is 9.62. The number of hydrogen-bond donors (Lipinski definition) is 1. The highest BCUT2D eigenvalue weighted by atomic mass is 16.2. The molecule has 1 aromatic rings. The Morgan fingerprint density at radius 2 is 1.56 bits per heavy atom. The van der Waals surface area contributed by atoms with Gasteiger partial charge in [-0.05, 0) is 6.42 Å². The van der Waals surface area contributed by atoms with E-state index in [-0.39, 0.29) is 5.91 Å². The number of nitrogens with zero attached hydrogens (tertiary/aromatic N) is 3. The van der Waals surface area contributed by atoms with Crippen LogP contribution in [0, 0.1) is 0 Å². The Labute approximate surface area is 109 Å². The smallest absolute Gasteiger partial charge is 0.238 e. The van der Waals surface area contributed by atoms with Crippen LogP contribution in [-0.2, 0) is 4.79 Å². The number of aromatic nitrogens is 3. The van der Waals surface area contributed by atoms with Crippen molar-refractivity contribution >= 4 is 5.91 Å². The first-order valence-electron chi connectivity index (χ1n) is 6.97. The van der Waals surface area contributed by atoms with Crippen LogP contribution in [0.1, 0.15) is 64.7 Å². The Balaban J connectivity index is 1.90. The molecule has 0 spiro atoms. The number of unbranched alkanes of at least 4 members (excludes halogenated alkanes) is 7. The molecule has 0 aliphatic rings. The van der Waals surface area contributed by atoms with E-state index in [0.717, 1.165) is 12.8 Å². The summed E-state index contributed by atoms with van der Waals surface area (Å²) in [4.78, 5) is 11.5. The van der Waals surface area contributed by atoms with E-state index in [4.69, 9.17) is 0 Å². The molecular formula is C13H24N4O. The molecular weight excluding hydrogens is 228 g/mol. The van der Waals surface area contributed by atoms with Gasteiger partial charge in [0.1, 0.15) is 12.7 Å². The summed E-state index contributed by atoms with van der Waals surface area (Å²) < 4.78 is 1.48. The molecule has 0 unspecified atom stereocenters. The van der Waals surface area contributed by atoms with Gasteiger partial charge < -0.3 is 0 Å². The van der Waals surface area contributed by atoms with Crippen LogP contribution in [0.25, 0.3) is 0 Å². The minimum atomic E-state index is 0.0285. The number of rotatable bonds is 10. The maximum atomic E-state index is 11.5. The van der Waals surface area contributed by atoms with Gasteiger partial charge in [-0.3, -0.25) is 10.2 Å². The van der Waals surface area contributed by atoms with Gasteiger partial charge in [0, 0.05) is 6.42 Å². The highest BCUT2D eigenvalue weighted by Crippen LogP contribution is 2.09. The Hall–Kier alpha value is -1.39. The molecule has 1 N–H and O–H groups in total. The predicted octanol–water partition coefficient (Wildman–Crippen LogP) is 2.88. The third-order valence-corrected chi connectivity index (χ3v) is 2.93. The number of nitrogens with one attached hydrogen (secondary N) is 1. The Morgan fingerprint density at radius 3 is 2.17 bits per heavy atom. The summed E-state index contributed by atoms with van der Waals surface area (Å²) >= 11 is 0. The summed E-state index contributed by atoms with van der Waals surface area (Å²) in [7, 11) is 0. The topological polar surface area (TPSA) is 59.8 Å². The van der Waals surface area contributed by atoms with Crippen LogP contribution in [0.4, 0.5) is 0 Å². The maximum absolute atomic E-state index is 11.5. The van der Waals surface area contributed by atoms with Crippen molar-refractivity contribution in [2.75, 3.05) is 5.43 Å². The average molecular weight is 252 g/mol. The van der Waals surface area contributed by atoms with Crippen LogP contribution < -0.4 is 5.43 Å². The number of hydrogen-bond acceptors (Lipinski definition) is 3. The van der Waals surface area contributed by atoms with Crippen LogP contribution in [0.3, 0.4) is 0 Å². The fourth-order valence-corrected chi connectivity index (χ4v) is 1.88. The zero-order valence-electron chi connectivity index (χ0n) is 11.3. The molecule has 0 radical (unpaired) electrons. The summed E-state index contributed by atoms with van der Waals surface area (Å²) in [6.07, 6.45) is 13.5. The highest BCUT2D eigenvalue weighted by molar-refractivity contribution is 5.83. The fraction of sp³-hybridized carbons (Fsp3) is 0.769. The van der Waals surface area contributed by atoms with Crippen LogP contribution in [0.2, 0.25) is 0 Å². The first kappa shape index (κ1) is 14.7. The van der Waals surface area contributed by atoms with Gasteiger partial charge in [-0.25, -0.2) is 4.68 Å². The van der Waals surface area contributed by atoms with Crippen molar-refractivity contribution in [2.24, 2.45) is 0 Å². The van der Waals surface area contributed by atoms with Crippen molar-refractivity contribution in [3.63, 3.8) is 0 Å². The van der Waals surface area contributed by atoms with E-state index < -0.39 is 0 Å². The Kier molecular flexibility index (Phi) is 7.84. The van der Waals surface area contributed by atoms with Crippen molar-refractivity contribution in [3.8, 4) is 0 Å². The van der Waals surface area contributed by atoms with E-state index in [1.807, 2.05) is 0 Å². The first-order valence-corrected chi connectivity index (χ1v) is 6.97. The third-order valence-electron chi connectivity index (χ3n) is 2.93. The minimum Gasteiger partial charge on any atom is -0.273 e. The number of amides is 1. The van der Waals surface area contributed by atoms with E-state index in [9.17, 15) is 4.79 Å². The zero-order chi connectivity index (χ0) is 13.1.